The molecule has 2 heterocycles. The van der Waals surface area contributed by atoms with E-state index in [0.717, 1.165) is 5.56 Å². The van der Waals surface area contributed by atoms with E-state index in [4.69, 9.17) is 4.74 Å². The molecule has 0 aliphatic heterocycles. The number of amides is 1. The van der Waals surface area contributed by atoms with E-state index in [1.165, 1.54) is 29.2 Å². The van der Waals surface area contributed by atoms with Gasteiger partial charge in [0.05, 0.1) is 0 Å². The molecule has 0 bridgehead atoms. The number of anilines is 1. The average Bonchev–Trinajstić information content (AvgIpc) is 3.11. The molecule has 0 unspecified atom stereocenters. The first-order valence-corrected chi connectivity index (χ1v) is 7.29. The van der Waals surface area contributed by atoms with Gasteiger partial charge in [-0.3, -0.25) is 4.79 Å². The molecule has 8 heteroatoms. The predicted octanol–water partition coefficient (Wildman–Crippen LogP) is 1.69. The van der Waals surface area contributed by atoms with Crippen LogP contribution in [-0.2, 0) is 4.79 Å². The second-order valence-corrected chi connectivity index (χ2v) is 5.18. The molecule has 24 heavy (non-hydrogen) atoms. The number of rotatable bonds is 5. The summed E-state index contributed by atoms with van der Waals surface area (Å²) in [5.74, 6) is 1.22. The molecule has 122 valence electrons. The van der Waals surface area contributed by atoms with Crippen LogP contribution in [0.2, 0.25) is 0 Å². The third-order valence-corrected chi connectivity index (χ3v) is 3.42. The number of aryl methyl sites for hydroxylation is 2. The van der Waals surface area contributed by atoms with Crippen molar-refractivity contribution < 1.29 is 9.53 Å². The normalized spacial score (nSPS) is 10.4. The number of ether oxygens (including phenoxy) is 1. The summed E-state index contributed by atoms with van der Waals surface area (Å²) in [5.41, 5.74) is 2.29. The summed E-state index contributed by atoms with van der Waals surface area (Å²) in [6, 6.07) is 7.29. The van der Waals surface area contributed by atoms with E-state index in [1.807, 2.05) is 32.0 Å². The van der Waals surface area contributed by atoms with Crippen LogP contribution in [0.25, 0.3) is 5.82 Å². The zero-order chi connectivity index (χ0) is 16.9. The Labute approximate surface area is 138 Å². The van der Waals surface area contributed by atoms with Crippen molar-refractivity contribution in [3.8, 4) is 11.6 Å². The third-order valence-electron chi connectivity index (χ3n) is 3.42. The zero-order valence-electron chi connectivity index (χ0n) is 13.3. The van der Waals surface area contributed by atoms with E-state index < -0.39 is 0 Å². The Morgan fingerprint density at radius 2 is 2.04 bits per heavy atom. The maximum atomic E-state index is 12.0. The summed E-state index contributed by atoms with van der Waals surface area (Å²) >= 11 is 0. The first-order chi connectivity index (χ1) is 11.6. The molecule has 3 aromatic rings. The van der Waals surface area contributed by atoms with E-state index in [2.05, 4.69) is 25.4 Å². The van der Waals surface area contributed by atoms with Crippen LogP contribution in [0.5, 0.6) is 5.75 Å². The quantitative estimate of drug-likeness (QED) is 0.767. The van der Waals surface area contributed by atoms with Crippen LogP contribution in [0.4, 0.5) is 5.82 Å². The summed E-state index contributed by atoms with van der Waals surface area (Å²) in [5, 5.41) is 6.64. The maximum absolute atomic E-state index is 12.0. The fourth-order valence-electron chi connectivity index (χ4n) is 2.00. The molecule has 0 saturated carbocycles. The predicted molar refractivity (Wildman–Crippen MR) is 87.0 cm³/mol. The summed E-state index contributed by atoms with van der Waals surface area (Å²) in [6.45, 7) is 3.91. The van der Waals surface area contributed by atoms with Gasteiger partial charge in [-0.1, -0.05) is 6.07 Å². The first-order valence-electron chi connectivity index (χ1n) is 7.29. The van der Waals surface area contributed by atoms with Gasteiger partial charge in [0.1, 0.15) is 30.5 Å². The first kappa shape index (κ1) is 15.6. The molecule has 0 aliphatic carbocycles. The second kappa shape index (κ2) is 6.86. The SMILES string of the molecule is Cc1ccc(OCC(=O)Nc2cc(-n3cncn3)ncn2)cc1C. The molecule has 3 rings (SSSR count). The molecule has 0 fully saturated rings. The van der Waals surface area contributed by atoms with Crippen LogP contribution in [0.15, 0.2) is 43.2 Å². The largest absolute Gasteiger partial charge is 0.484 e. The van der Waals surface area contributed by atoms with Gasteiger partial charge in [-0.2, -0.15) is 5.10 Å². The van der Waals surface area contributed by atoms with Crippen LogP contribution in [0.1, 0.15) is 11.1 Å². The van der Waals surface area contributed by atoms with Crippen LogP contribution in [-0.4, -0.2) is 37.2 Å². The summed E-state index contributed by atoms with van der Waals surface area (Å²) in [7, 11) is 0. The van der Waals surface area contributed by atoms with E-state index >= 15 is 0 Å². The second-order valence-electron chi connectivity index (χ2n) is 5.18. The zero-order valence-corrected chi connectivity index (χ0v) is 13.3. The molecule has 0 aliphatic rings. The molecule has 1 aromatic carbocycles. The van der Waals surface area contributed by atoms with Gasteiger partial charge < -0.3 is 10.1 Å². The highest BCUT2D eigenvalue weighted by molar-refractivity contribution is 5.91. The van der Waals surface area contributed by atoms with E-state index in [-0.39, 0.29) is 12.5 Å². The molecule has 1 amide bonds. The van der Waals surface area contributed by atoms with Crippen molar-refractivity contribution in [2.75, 3.05) is 11.9 Å². The molecule has 0 radical (unpaired) electrons. The van der Waals surface area contributed by atoms with Crippen molar-refractivity contribution in [3.05, 3.63) is 54.4 Å². The molecule has 0 saturated heterocycles. The lowest BCUT2D eigenvalue weighted by Crippen LogP contribution is -2.21. The lowest BCUT2D eigenvalue weighted by molar-refractivity contribution is -0.118. The Morgan fingerprint density at radius 1 is 1.17 bits per heavy atom. The Balaban J connectivity index is 1.60. The minimum absolute atomic E-state index is 0.106. The van der Waals surface area contributed by atoms with Gasteiger partial charge in [-0.05, 0) is 37.1 Å². The number of carbonyl (C=O) groups is 1. The molecule has 1 N–H and O–H groups in total. The molecule has 2 aromatic heterocycles. The van der Waals surface area contributed by atoms with Crippen molar-refractivity contribution in [3.63, 3.8) is 0 Å². The average molecular weight is 324 g/mol. The van der Waals surface area contributed by atoms with Gasteiger partial charge in [0.25, 0.3) is 5.91 Å². The highest BCUT2D eigenvalue weighted by Gasteiger charge is 2.07. The monoisotopic (exact) mass is 324 g/mol. The number of hydrogen-bond acceptors (Lipinski definition) is 6. The van der Waals surface area contributed by atoms with Gasteiger partial charge in [0.15, 0.2) is 12.4 Å². The van der Waals surface area contributed by atoms with Gasteiger partial charge >= 0.3 is 0 Å². The summed E-state index contributed by atoms with van der Waals surface area (Å²) in [6.07, 6.45) is 4.26. The van der Waals surface area contributed by atoms with Crippen LogP contribution in [0.3, 0.4) is 0 Å². The van der Waals surface area contributed by atoms with Gasteiger partial charge in [0.2, 0.25) is 0 Å². The van der Waals surface area contributed by atoms with Crippen LogP contribution >= 0.6 is 0 Å². The molecule has 0 atom stereocenters. The smallest absolute Gasteiger partial charge is 0.263 e. The van der Waals surface area contributed by atoms with Crippen molar-refractivity contribution in [2.45, 2.75) is 13.8 Å². The lowest BCUT2D eigenvalue weighted by atomic mass is 10.1. The van der Waals surface area contributed by atoms with Crippen molar-refractivity contribution in [2.24, 2.45) is 0 Å². The number of aromatic nitrogens is 5. The Kier molecular flexibility index (Phi) is 4.46. The fourth-order valence-corrected chi connectivity index (χ4v) is 2.00. The fraction of sp³-hybridized carbons (Fsp3) is 0.188. The maximum Gasteiger partial charge on any atom is 0.263 e. The number of nitrogens with one attached hydrogen (secondary N) is 1. The lowest BCUT2D eigenvalue weighted by Gasteiger charge is -2.09. The number of hydrogen-bond donors (Lipinski definition) is 1. The van der Waals surface area contributed by atoms with Crippen molar-refractivity contribution >= 4 is 11.7 Å². The molecule has 0 spiro atoms. The van der Waals surface area contributed by atoms with Crippen molar-refractivity contribution in [1.29, 1.82) is 0 Å². The molecular weight excluding hydrogens is 308 g/mol. The van der Waals surface area contributed by atoms with Crippen molar-refractivity contribution in [1.82, 2.24) is 24.7 Å². The van der Waals surface area contributed by atoms with Crippen LogP contribution < -0.4 is 10.1 Å². The highest BCUT2D eigenvalue weighted by atomic mass is 16.5. The highest BCUT2D eigenvalue weighted by Crippen LogP contribution is 2.16. The standard InChI is InChI=1S/C16H16N6O2/c1-11-3-4-13(5-12(11)2)24-7-16(23)21-14-6-15(19-9-18-14)22-10-17-8-20-22/h3-6,8-10H,7H2,1-2H3,(H,18,19,21,23). The Hall–Kier alpha value is -3.29. The van der Waals surface area contributed by atoms with Gasteiger partial charge in [-0.25, -0.2) is 19.6 Å². The summed E-state index contributed by atoms with van der Waals surface area (Å²) < 4.78 is 6.97. The third kappa shape index (κ3) is 3.72. The van der Waals surface area contributed by atoms with Crippen LogP contribution in [0, 0.1) is 13.8 Å². The minimum atomic E-state index is -0.309. The van der Waals surface area contributed by atoms with E-state index in [0.29, 0.717) is 17.4 Å². The number of benzene rings is 1. The Bertz CT molecular complexity index is 848. The molecular formula is C16H16N6O2. The Morgan fingerprint density at radius 3 is 2.79 bits per heavy atom. The topological polar surface area (TPSA) is 94.8 Å². The van der Waals surface area contributed by atoms with E-state index in [9.17, 15) is 4.79 Å². The minimum Gasteiger partial charge on any atom is -0.484 e. The molecule has 8 nitrogen and oxygen atoms in total. The number of nitrogens with zero attached hydrogens (tertiary/aromatic N) is 5. The van der Waals surface area contributed by atoms with E-state index in [1.54, 1.807) is 6.07 Å². The van der Waals surface area contributed by atoms with Gasteiger partial charge in [0, 0.05) is 6.07 Å². The van der Waals surface area contributed by atoms with Gasteiger partial charge in [-0.15, -0.1) is 0 Å². The number of carbonyl (C=O) groups excluding carboxylic acids is 1. The summed E-state index contributed by atoms with van der Waals surface area (Å²) in [4.78, 5) is 23.9.